The number of rotatable bonds is 7. The number of hydrogen-bond donors (Lipinski definition) is 3. The first-order chi connectivity index (χ1) is 14.5. The predicted octanol–water partition coefficient (Wildman–Crippen LogP) is -0.536. The van der Waals surface area contributed by atoms with Crippen LogP contribution in [0, 0.1) is 0 Å². The van der Waals surface area contributed by atoms with Crippen molar-refractivity contribution in [1.29, 1.82) is 0 Å². The molecule has 11 heteroatoms. The van der Waals surface area contributed by atoms with Crippen molar-refractivity contribution in [2.45, 2.75) is 31.3 Å². The molecule has 158 valence electrons. The Kier molecular flexibility index (Phi) is 6.73. The maximum Gasteiger partial charge on any atom is 0.290 e. The van der Waals surface area contributed by atoms with Gasteiger partial charge in [-0.1, -0.05) is 0 Å². The molecule has 0 bridgehead atoms. The van der Waals surface area contributed by atoms with E-state index in [-0.39, 0.29) is 43.4 Å². The molecule has 1 aliphatic heterocycles. The van der Waals surface area contributed by atoms with Crippen molar-refractivity contribution in [2.24, 2.45) is 5.73 Å². The van der Waals surface area contributed by atoms with E-state index in [4.69, 9.17) is 10.2 Å². The lowest BCUT2D eigenvalue weighted by atomic mass is 9.95. The van der Waals surface area contributed by atoms with Gasteiger partial charge in [0, 0.05) is 37.9 Å². The van der Waals surface area contributed by atoms with Crippen molar-refractivity contribution in [3.05, 3.63) is 48.4 Å². The minimum atomic E-state index is -0.851. The number of likely N-dealkylation sites (tertiary alicyclic amines) is 1. The predicted molar refractivity (Wildman–Crippen MR) is 103 cm³/mol. The second-order valence-electron chi connectivity index (χ2n) is 6.78. The standard InChI is InChI=1S/C19H22N6O5/c20-16(26)3-5-23-18(28)14-10-12(24-17(27)13-11-21-6-7-22-13)4-8-25(14)19(29)15-2-1-9-30-15/h1-2,6-7,9,11-12,14H,3-5,8,10H2,(H2,20,26)(H,23,28)(H,24,27). The van der Waals surface area contributed by atoms with Gasteiger partial charge in [-0.05, 0) is 25.0 Å². The molecule has 2 unspecified atom stereocenters. The summed E-state index contributed by atoms with van der Waals surface area (Å²) in [6.45, 7) is 0.295. The third-order valence-electron chi connectivity index (χ3n) is 4.70. The number of aromatic nitrogens is 2. The summed E-state index contributed by atoms with van der Waals surface area (Å²) in [6.07, 6.45) is 6.22. The van der Waals surface area contributed by atoms with Gasteiger partial charge in [0.2, 0.25) is 11.8 Å². The van der Waals surface area contributed by atoms with E-state index in [1.54, 1.807) is 6.07 Å². The number of primary amides is 1. The van der Waals surface area contributed by atoms with Crippen LogP contribution in [0.15, 0.2) is 41.4 Å². The van der Waals surface area contributed by atoms with E-state index in [1.165, 1.54) is 35.8 Å². The van der Waals surface area contributed by atoms with Crippen molar-refractivity contribution in [2.75, 3.05) is 13.1 Å². The summed E-state index contributed by atoms with van der Waals surface area (Å²) in [5.74, 6) is -1.70. The largest absolute Gasteiger partial charge is 0.459 e. The molecule has 1 aliphatic rings. The molecular weight excluding hydrogens is 392 g/mol. The number of amides is 4. The molecule has 11 nitrogen and oxygen atoms in total. The zero-order valence-corrected chi connectivity index (χ0v) is 16.1. The lowest BCUT2D eigenvalue weighted by Gasteiger charge is -2.38. The van der Waals surface area contributed by atoms with Gasteiger partial charge in [0.1, 0.15) is 11.7 Å². The molecular formula is C19H22N6O5. The van der Waals surface area contributed by atoms with Gasteiger partial charge in [0.25, 0.3) is 11.8 Å². The summed E-state index contributed by atoms with van der Waals surface area (Å²) in [6, 6.07) is 1.90. The molecule has 0 saturated carbocycles. The van der Waals surface area contributed by atoms with E-state index in [9.17, 15) is 19.2 Å². The molecule has 3 rings (SSSR count). The molecule has 30 heavy (non-hydrogen) atoms. The van der Waals surface area contributed by atoms with Crippen molar-refractivity contribution < 1.29 is 23.6 Å². The molecule has 2 atom stereocenters. The quantitative estimate of drug-likeness (QED) is 0.548. The molecule has 0 aliphatic carbocycles. The van der Waals surface area contributed by atoms with Crippen LogP contribution in [0.4, 0.5) is 0 Å². The maximum atomic E-state index is 12.8. The number of piperidine rings is 1. The minimum absolute atomic E-state index is 0.0164. The Hall–Kier alpha value is -3.76. The fraction of sp³-hybridized carbons (Fsp3) is 0.368. The number of carbonyl (C=O) groups excluding carboxylic acids is 4. The Balaban J connectivity index is 1.70. The van der Waals surface area contributed by atoms with Gasteiger partial charge >= 0.3 is 0 Å². The topological polar surface area (TPSA) is 161 Å². The van der Waals surface area contributed by atoms with Crippen LogP contribution in [0.5, 0.6) is 0 Å². The fourth-order valence-electron chi connectivity index (χ4n) is 3.23. The molecule has 0 aromatic carbocycles. The van der Waals surface area contributed by atoms with E-state index in [0.29, 0.717) is 6.42 Å². The van der Waals surface area contributed by atoms with Crippen LogP contribution >= 0.6 is 0 Å². The molecule has 1 fully saturated rings. The van der Waals surface area contributed by atoms with Gasteiger partial charge in [0.15, 0.2) is 5.76 Å². The third kappa shape index (κ3) is 5.19. The number of furan rings is 1. The molecule has 3 heterocycles. The summed E-state index contributed by atoms with van der Waals surface area (Å²) in [5.41, 5.74) is 5.26. The Morgan fingerprint density at radius 2 is 2.10 bits per heavy atom. The summed E-state index contributed by atoms with van der Waals surface area (Å²) in [7, 11) is 0. The van der Waals surface area contributed by atoms with Gasteiger partial charge in [-0.2, -0.15) is 0 Å². The van der Waals surface area contributed by atoms with Crippen molar-refractivity contribution >= 4 is 23.6 Å². The minimum Gasteiger partial charge on any atom is -0.459 e. The van der Waals surface area contributed by atoms with Crippen molar-refractivity contribution in [1.82, 2.24) is 25.5 Å². The highest BCUT2D eigenvalue weighted by atomic mass is 16.3. The van der Waals surface area contributed by atoms with Crippen LogP contribution in [0.1, 0.15) is 40.3 Å². The summed E-state index contributed by atoms with van der Waals surface area (Å²) in [4.78, 5) is 58.1. The Morgan fingerprint density at radius 1 is 1.27 bits per heavy atom. The summed E-state index contributed by atoms with van der Waals surface area (Å²) >= 11 is 0. The van der Waals surface area contributed by atoms with Crippen LogP contribution in [0.3, 0.4) is 0 Å². The van der Waals surface area contributed by atoms with Crippen LogP contribution in [0.2, 0.25) is 0 Å². The highest BCUT2D eigenvalue weighted by molar-refractivity contribution is 5.96. The first kappa shape index (κ1) is 21.0. The van der Waals surface area contributed by atoms with Crippen LogP contribution in [0.25, 0.3) is 0 Å². The molecule has 1 saturated heterocycles. The van der Waals surface area contributed by atoms with Gasteiger partial charge < -0.3 is 25.7 Å². The lowest BCUT2D eigenvalue weighted by Crippen LogP contribution is -2.57. The van der Waals surface area contributed by atoms with Crippen LogP contribution in [-0.4, -0.2) is 63.7 Å². The Labute approximate surface area is 172 Å². The second kappa shape index (κ2) is 9.63. The van der Waals surface area contributed by atoms with Gasteiger partial charge in [0.05, 0.1) is 12.5 Å². The number of nitrogens with zero attached hydrogens (tertiary/aromatic N) is 3. The average molecular weight is 414 g/mol. The monoisotopic (exact) mass is 414 g/mol. The molecule has 4 N–H and O–H groups in total. The molecule has 2 aromatic rings. The van der Waals surface area contributed by atoms with E-state index < -0.39 is 29.7 Å². The zero-order chi connectivity index (χ0) is 21.5. The fourth-order valence-corrected chi connectivity index (χ4v) is 3.23. The number of hydrogen-bond acceptors (Lipinski definition) is 7. The van der Waals surface area contributed by atoms with Crippen molar-refractivity contribution in [3.8, 4) is 0 Å². The lowest BCUT2D eigenvalue weighted by molar-refractivity contribution is -0.127. The highest BCUT2D eigenvalue weighted by Crippen LogP contribution is 2.21. The number of nitrogens with two attached hydrogens (primary N) is 1. The smallest absolute Gasteiger partial charge is 0.290 e. The first-order valence-electron chi connectivity index (χ1n) is 9.43. The van der Waals surface area contributed by atoms with Crippen LogP contribution < -0.4 is 16.4 Å². The number of nitrogens with one attached hydrogen (secondary N) is 2. The Morgan fingerprint density at radius 3 is 2.77 bits per heavy atom. The van der Waals surface area contributed by atoms with E-state index in [1.807, 2.05) is 0 Å². The normalized spacial score (nSPS) is 18.5. The Bertz CT molecular complexity index is 901. The molecule has 4 amide bonds. The molecule has 2 aromatic heterocycles. The summed E-state index contributed by atoms with van der Waals surface area (Å²) < 4.78 is 5.17. The van der Waals surface area contributed by atoms with E-state index in [2.05, 4.69) is 20.6 Å². The SMILES string of the molecule is NC(=O)CCNC(=O)C1CC(NC(=O)c2cnccn2)CCN1C(=O)c1ccco1. The van der Waals surface area contributed by atoms with Gasteiger partial charge in [-0.3, -0.25) is 24.2 Å². The maximum absolute atomic E-state index is 12.8. The van der Waals surface area contributed by atoms with Gasteiger partial charge in [-0.15, -0.1) is 0 Å². The molecule has 0 radical (unpaired) electrons. The van der Waals surface area contributed by atoms with Crippen molar-refractivity contribution in [3.63, 3.8) is 0 Å². The summed E-state index contributed by atoms with van der Waals surface area (Å²) in [5, 5.41) is 5.45. The highest BCUT2D eigenvalue weighted by Gasteiger charge is 2.38. The van der Waals surface area contributed by atoms with E-state index >= 15 is 0 Å². The van der Waals surface area contributed by atoms with Gasteiger partial charge in [-0.25, -0.2) is 4.98 Å². The molecule has 0 spiro atoms. The first-order valence-corrected chi connectivity index (χ1v) is 9.43. The number of carbonyl (C=O) groups is 4. The second-order valence-corrected chi connectivity index (χ2v) is 6.78. The van der Waals surface area contributed by atoms with E-state index in [0.717, 1.165) is 0 Å². The zero-order valence-electron chi connectivity index (χ0n) is 16.1. The third-order valence-corrected chi connectivity index (χ3v) is 4.70. The van der Waals surface area contributed by atoms with Crippen LogP contribution in [-0.2, 0) is 9.59 Å². The average Bonchev–Trinajstić information content (AvgIpc) is 3.28.